The van der Waals surface area contributed by atoms with Gasteiger partial charge in [-0.3, -0.25) is 0 Å². The Morgan fingerprint density at radius 2 is 2.56 bits per heavy atom. The first-order valence-electron chi connectivity index (χ1n) is 3.71. The number of rotatable bonds is 2. The first kappa shape index (κ1) is 7.42. The van der Waals surface area contributed by atoms with Crippen molar-refractivity contribution in [3.05, 3.63) is 0 Å². The summed E-state index contributed by atoms with van der Waals surface area (Å²) in [7, 11) is 0. The quantitative estimate of drug-likeness (QED) is 0.639. The van der Waals surface area contributed by atoms with Crippen LogP contribution in [0.1, 0.15) is 26.2 Å². The Balaban J connectivity index is 2.24. The minimum Gasteiger partial charge on any atom is -0.327 e. The van der Waals surface area contributed by atoms with E-state index >= 15 is 0 Å². The Bertz CT molecular complexity index is 79.0. The smallest absolute Gasteiger partial charge is 0.0199 e. The van der Waals surface area contributed by atoms with Crippen molar-refractivity contribution >= 4 is 11.8 Å². The summed E-state index contributed by atoms with van der Waals surface area (Å²) in [6, 6.07) is 0.456. The largest absolute Gasteiger partial charge is 0.327 e. The third-order valence-corrected chi connectivity index (χ3v) is 3.45. The molecule has 0 aliphatic carbocycles. The fourth-order valence-corrected chi connectivity index (χ4v) is 2.61. The zero-order chi connectivity index (χ0) is 6.69. The van der Waals surface area contributed by atoms with Gasteiger partial charge in [0.25, 0.3) is 0 Å². The Morgan fingerprint density at radius 1 is 1.78 bits per heavy atom. The molecule has 0 aromatic carbocycles. The van der Waals surface area contributed by atoms with E-state index in [1.165, 1.54) is 18.6 Å². The molecule has 1 nitrogen and oxygen atoms in total. The molecule has 1 aliphatic heterocycles. The maximum atomic E-state index is 5.86. The van der Waals surface area contributed by atoms with Crippen molar-refractivity contribution in [2.24, 2.45) is 5.73 Å². The molecule has 1 fully saturated rings. The third kappa shape index (κ3) is 1.87. The van der Waals surface area contributed by atoms with Crippen LogP contribution in [0, 0.1) is 0 Å². The van der Waals surface area contributed by atoms with E-state index in [0.717, 1.165) is 11.7 Å². The summed E-state index contributed by atoms with van der Waals surface area (Å²) in [4.78, 5) is 0. The van der Waals surface area contributed by atoms with Crippen molar-refractivity contribution in [3.63, 3.8) is 0 Å². The van der Waals surface area contributed by atoms with E-state index in [0.29, 0.717) is 6.04 Å². The molecule has 2 N–H and O–H groups in total. The fraction of sp³-hybridized carbons (Fsp3) is 1.00. The van der Waals surface area contributed by atoms with Gasteiger partial charge in [0.15, 0.2) is 0 Å². The van der Waals surface area contributed by atoms with Gasteiger partial charge in [-0.1, -0.05) is 6.92 Å². The average Bonchev–Trinajstić information content (AvgIpc) is 2.37. The molecule has 1 saturated heterocycles. The molecule has 54 valence electrons. The number of hydrogen-bond acceptors (Lipinski definition) is 2. The molecule has 1 heterocycles. The van der Waals surface area contributed by atoms with Crippen LogP contribution in [-0.2, 0) is 0 Å². The highest BCUT2D eigenvalue weighted by atomic mass is 32.2. The fourth-order valence-electron chi connectivity index (χ4n) is 1.20. The predicted octanol–water partition coefficient (Wildman–Crippen LogP) is 1.62. The second-order valence-electron chi connectivity index (χ2n) is 2.62. The van der Waals surface area contributed by atoms with Gasteiger partial charge in [0.05, 0.1) is 0 Å². The van der Waals surface area contributed by atoms with E-state index in [1.54, 1.807) is 0 Å². The number of thioether (sulfide) groups is 1. The van der Waals surface area contributed by atoms with Crippen LogP contribution in [0.15, 0.2) is 0 Å². The van der Waals surface area contributed by atoms with Gasteiger partial charge in [-0.05, 0) is 25.0 Å². The number of hydrogen-bond donors (Lipinski definition) is 1. The van der Waals surface area contributed by atoms with Gasteiger partial charge in [-0.2, -0.15) is 11.8 Å². The third-order valence-electron chi connectivity index (χ3n) is 1.91. The maximum absolute atomic E-state index is 5.86. The van der Waals surface area contributed by atoms with E-state index in [2.05, 4.69) is 18.7 Å². The predicted molar refractivity (Wildman–Crippen MR) is 43.7 cm³/mol. The molecule has 0 aromatic heterocycles. The van der Waals surface area contributed by atoms with Gasteiger partial charge in [0.2, 0.25) is 0 Å². The van der Waals surface area contributed by atoms with Crippen LogP contribution in [0.2, 0.25) is 0 Å². The molecule has 0 bridgehead atoms. The Kier molecular flexibility index (Phi) is 2.86. The van der Waals surface area contributed by atoms with Crippen molar-refractivity contribution in [1.82, 2.24) is 0 Å². The van der Waals surface area contributed by atoms with Crippen molar-refractivity contribution in [2.75, 3.05) is 5.75 Å². The topological polar surface area (TPSA) is 26.0 Å². The molecule has 2 atom stereocenters. The molecule has 0 saturated carbocycles. The lowest BCUT2D eigenvalue weighted by atomic mass is 10.1. The van der Waals surface area contributed by atoms with Gasteiger partial charge in [0, 0.05) is 11.3 Å². The highest BCUT2D eigenvalue weighted by Crippen LogP contribution is 2.28. The molecule has 2 heteroatoms. The van der Waals surface area contributed by atoms with Gasteiger partial charge in [-0.25, -0.2) is 0 Å². The Labute approximate surface area is 61.4 Å². The highest BCUT2D eigenvalue weighted by molar-refractivity contribution is 8.00. The summed E-state index contributed by atoms with van der Waals surface area (Å²) in [5, 5.41) is 0.773. The molecule has 0 amide bonds. The average molecular weight is 145 g/mol. The first-order chi connectivity index (χ1) is 4.34. The van der Waals surface area contributed by atoms with Crippen LogP contribution >= 0.6 is 11.8 Å². The second kappa shape index (κ2) is 3.47. The standard InChI is InChI=1S/C7H15NS/c1-2-6(8)7-4-3-5-9-7/h6-7H,2-5,8H2,1H3. The lowest BCUT2D eigenvalue weighted by Crippen LogP contribution is -2.29. The van der Waals surface area contributed by atoms with Crippen molar-refractivity contribution in [3.8, 4) is 0 Å². The van der Waals surface area contributed by atoms with E-state index < -0.39 is 0 Å². The molecule has 2 unspecified atom stereocenters. The highest BCUT2D eigenvalue weighted by Gasteiger charge is 2.20. The van der Waals surface area contributed by atoms with Crippen molar-refractivity contribution in [1.29, 1.82) is 0 Å². The normalized spacial score (nSPS) is 30.7. The second-order valence-corrected chi connectivity index (χ2v) is 3.97. The maximum Gasteiger partial charge on any atom is 0.0199 e. The SMILES string of the molecule is CCC(N)C1CCCS1. The molecule has 0 aromatic rings. The molecule has 1 aliphatic rings. The van der Waals surface area contributed by atoms with Crippen LogP contribution in [0.5, 0.6) is 0 Å². The van der Waals surface area contributed by atoms with Crippen LogP contribution in [0.25, 0.3) is 0 Å². The van der Waals surface area contributed by atoms with Gasteiger partial charge in [-0.15, -0.1) is 0 Å². The van der Waals surface area contributed by atoms with Crippen LogP contribution < -0.4 is 5.73 Å². The van der Waals surface area contributed by atoms with E-state index in [4.69, 9.17) is 5.73 Å². The van der Waals surface area contributed by atoms with Gasteiger partial charge < -0.3 is 5.73 Å². The van der Waals surface area contributed by atoms with Gasteiger partial charge >= 0.3 is 0 Å². The molecular formula is C7H15NS. The van der Waals surface area contributed by atoms with Crippen molar-refractivity contribution in [2.45, 2.75) is 37.5 Å². The van der Waals surface area contributed by atoms with Crippen LogP contribution in [0.3, 0.4) is 0 Å². The summed E-state index contributed by atoms with van der Waals surface area (Å²) in [6.45, 7) is 2.17. The molecule has 1 rings (SSSR count). The summed E-state index contributed by atoms with van der Waals surface area (Å²) in [6.07, 6.45) is 3.86. The Hall–Kier alpha value is 0.310. The van der Waals surface area contributed by atoms with E-state index in [9.17, 15) is 0 Å². The first-order valence-corrected chi connectivity index (χ1v) is 4.76. The number of nitrogens with two attached hydrogens (primary N) is 1. The summed E-state index contributed by atoms with van der Waals surface area (Å²) in [5.74, 6) is 1.33. The minimum absolute atomic E-state index is 0.456. The summed E-state index contributed by atoms with van der Waals surface area (Å²) >= 11 is 2.05. The molecule has 0 radical (unpaired) electrons. The summed E-state index contributed by atoms with van der Waals surface area (Å²) < 4.78 is 0. The van der Waals surface area contributed by atoms with Crippen molar-refractivity contribution < 1.29 is 0 Å². The lowest BCUT2D eigenvalue weighted by Gasteiger charge is -2.14. The minimum atomic E-state index is 0.456. The summed E-state index contributed by atoms with van der Waals surface area (Å²) in [5.41, 5.74) is 5.86. The van der Waals surface area contributed by atoms with E-state index in [1.807, 2.05) is 0 Å². The lowest BCUT2D eigenvalue weighted by molar-refractivity contribution is 0.596. The molecule has 9 heavy (non-hydrogen) atoms. The molecular weight excluding hydrogens is 130 g/mol. The van der Waals surface area contributed by atoms with Gasteiger partial charge in [0.1, 0.15) is 0 Å². The zero-order valence-corrected chi connectivity index (χ0v) is 6.79. The van der Waals surface area contributed by atoms with Crippen LogP contribution in [0.4, 0.5) is 0 Å². The van der Waals surface area contributed by atoms with E-state index in [-0.39, 0.29) is 0 Å². The van der Waals surface area contributed by atoms with Crippen LogP contribution in [-0.4, -0.2) is 17.0 Å². The Morgan fingerprint density at radius 3 is 3.00 bits per heavy atom. The zero-order valence-electron chi connectivity index (χ0n) is 5.97. The molecule has 0 spiro atoms. The monoisotopic (exact) mass is 145 g/mol.